The summed E-state index contributed by atoms with van der Waals surface area (Å²) < 4.78 is 13.1. The number of benzene rings is 2. The molecule has 0 amide bonds. The van der Waals surface area contributed by atoms with E-state index in [4.69, 9.17) is 11.6 Å². The number of phenolic OH excluding ortho intramolecular Hbond substituents is 1. The molecule has 1 atom stereocenters. The zero-order valence-electron chi connectivity index (χ0n) is 10.5. The molecular formula is C15H15ClFNO. The van der Waals surface area contributed by atoms with Crippen LogP contribution in [0.5, 0.6) is 5.75 Å². The summed E-state index contributed by atoms with van der Waals surface area (Å²) in [6.45, 7) is 2.40. The minimum Gasteiger partial charge on any atom is -0.508 e. The quantitative estimate of drug-likeness (QED) is 0.885. The average Bonchev–Trinajstić information content (AvgIpc) is 2.39. The summed E-state index contributed by atoms with van der Waals surface area (Å²) in [7, 11) is 0. The van der Waals surface area contributed by atoms with E-state index in [-0.39, 0.29) is 17.6 Å². The van der Waals surface area contributed by atoms with E-state index >= 15 is 0 Å². The number of hydrogen-bond donors (Lipinski definition) is 2. The Kier molecular flexibility index (Phi) is 4.40. The van der Waals surface area contributed by atoms with Crippen molar-refractivity contribution in [3.05, 3.63) is 64.4 Å². The van der Waals surface area contributed by atoms with Crippen LogP contribution in [0.2, 0.25) is 5.02 Å². The van der Waals surface area contributed by atoms with E-state index in [1.165, 1.54) is 12.1 Å². The molecule has 100 valence electrons. The second-order valence-electron chi connectivity index (χ2n) is 4.43. The van der Waals surface area contributed by atoms with E-state index in [2.05, 4.69) is 5.32 Å². The van der Waals surface area contributed by atoms with Crippen molar-refractivity contribution in [2.75, 3.05) is 0 Å². The van der Waals surface area contributed by atoms with E-state index in [1.54, 1.807) is 24.3 Å². The van der Waals surface area contributed by atoms with Crippen LogP contribution >= 0.6 is 11.6 Å². The maximum atomic E-state index is 13.1. The largest absolute Gasteiger partial charge is 0.508 e. The molecule has 0 bridgehead atoms. The van der Waals surface area contributed by atoms with Crippen molar-refractivity contribution < 1.29 is 9.50 Å². The van der Waals surface area contributed by atoms with Gasteiger partial charge in [-0.25, -0.2) is 4.39 Å². The SMILES string of the molecule is C[C@@H](NCc1cc(Cl)ccc1O)c1cccc(F)c1. The molecule has 2 rings (SSSR count). The third-order valence-corrected chi connectivity index (χ3v) is 3.22. The molecule has 0 radical (unpaired) electrons. The first kappa shape index (κ1) is 13.8. The van der Waals surface area contributed by atoms with Crippen LogP contribution in [0.15, 0.2) is 42.5 Å². The molecule has 2 N–H and O–H groups in total. The van der Waals surface area contributed by atoms with Crippen molar-refractivity contribution in [3.8, 4) is 5.75 Å². The number of hydrogen-bond acceptors (Lipinski definition) is 2. The van der Waals surface area contributed by atoms with Crippen LogP contribution in [-0.4, -0.2) is 5.11 Å². The number of halogens is 2. The Labute approximate surface area is 116 Å². The first-order valence-electron chi connectivity index (χ1n) is 6.02. The number of aromatic hydroxyl groups is 1. The van der Waals surface area contributed by atoms with Gasteiger partial charge in [-0.05, 0) is 42.8 Å². The normalized spacial score (nSPS) is 12.4. The Balaban J connectivity index is 2.04. The highest BCUT2D eigenvalue weighted by Gasteiger charge is 2.08. The summed E-state index contributed by atoms with van der Waals surface area (Å²) in [4.78, 5) is 0. The predicted molar refractivity (Wildman–Crippen MR) is 74.8 cm³/mol. The smallest absolute Gasteiger partial charge is 0.123 e. The number of phenols is 1. The molecule has 0 aliphatic rings. The van der Waals surface area contributed by atoms with E-state index in [9.17, 15) is 9.50 Å². The fraction of sp³-hybridized carbons (Fsp3) is 0.200. The molecule has 0 spiro atoms. The lowest BCUT2D eigenvalue weighted by atomic mass is 10.1. The summed E-state index contributed by atoms with van der Waals surface area (Å²) in [6.07, 6.45) is 0. The van der Waals surface area contributed by atoms with Gasteiger partial charge in [0.2, 0.25) is 0 Å². The van der Waals surface area contributed by atoms with Crippen molar-refractivity contribution >= 4 is 11.6 Å². The molecule has 0 aromatic heterocycles. The highest BCUT2D eigenvalue weighted by atomic mass is 35.5. The molecule has 2 aromatic rings. The van der Waals surface area contributed by atoms with E-state index in [1.807, 2.05) is 13.0 Å². The maximum Gasteiger partial charge on any atom is 0.123 e. The second kappa shape index (κ2) is 6.04. The Bertz CT molecular complexity index is 574. The van der Waals surface area contributed by atoms with Gasteiger partial charge in [-0.2, -0.15) is 0 Å². The molecule has 19 heavy (non-hydrogen) atoms. The van der Waals surface area contributed by atoms with Crippen molar-refractivity contribution in [2.45, 2.75) is 19.5 Å². The molecule has 0 saturated carbocycles. The number of rotatable bonds is 4. The fourth-order valence-electron chi connectivity index (χ4n) is 1.85. The van der Waals surface area contributed by atoms with Gasteiger partial charge in [-0.1, -0.05) is 23.7 Å². The van der Waals surface area contributed by atoms with Crippen LogP contribution < -0.4 is 5.32 Å². The van der Waals surface area contributed by atoms with Gasteiger partial charge in [0, 0.05) is 23.2 Å². The monoisotopic (exact) mass is 279 g/mol. The van der Waals surface area contributed by atoms with Crippen molar-refractivity contribution in [3.63, 3.8) is 0 Å². The van der Waals surface area contributed by atoms with Crippen LogP contribution in [0.3, 0.4) is 0 Å². The lowest BCUT2D eigenvalue weighted by Gasteiger charge is -2.15. The van der Waals surface area contributed by atoms with Gasteiger partial charge in [0.1, 0.15) is 11.6 Å². The van der Waals surface area contributed by atoms with Crippen LogP contribution in [0.4, 0.5) is 4.39 Å². The number of nitrogens with one attached hydrogen (secondary N) is 1. The molecule has 2 nitrogen and oxygen atoms in total. The van der Waals surface area contributed by atoms with Crippen molar-refractivity contribution in [1.82, 2.24) is 5.32 Å². The van der Waals surface area contributed by atoms with Gasteiger partial charge in [0.05, 0.1) is 0 Å². The van der Waals surface area contributed by atoms with Crippen LogP contribution in [-0.2, 0) is 6.54 Å². The Morgan fingerprint density at radius 1 is 1.26 bits per heavy atom. The van der Waals surface area contributed by atoms with Crippen molar-refractivity contribution in [2.24, 2.45) is 0 Å². The summed E-state index contributed by atoms with van der Waals surface area (Å²) in [6, 6.07) is 11.3. The average molecular weight is 280 g/mol. The zero-order valence-corrected chi connectivity index (χ0v) is 11.3. The van der Waals surface area contributed by atoms with Crippen LogP contribution in [0.1, 0.15) is 24.1 Å². The lowest BCUT2D eigenvalue weighted by molar-refractivity contribution is 0.460. The third-order valence-electron chi connectivity index (χ3n) is 2.99. The molecule has 0 aliphatic heterocycles. The summed E-state index contributed by atoms with van der Waals surface area (Å²) in [5.41, 5.74) is 1.58. The van der Waals surface area contributed by atoms with Gasteiger partial charge < -0.3 is 10.4 Å². The van der Waals surface area contributed by atoms with Gasteiger partial charge >= 0.3 is 0 Å². The fourth-order valence-corrected chi connectivity index (χ4v) is 2.05. The highest BCUT2D eigenvalue weighted by Crippen LogP contribution is 2.22. The zero-order chi connectivity index (χ0) is 13.8. The molecule has 0 fully saturated rings. The Morgan fingerprint density at radius 3 is 2.79 bits per heavy atom. The van der Waals surface area contributed by atoms with Crippen LogP contribution in [0, 0.1) is 5.82 Å². The molecule has 0 heterocycles. The first-order valence-corrected chi connectivity index (χ1v) is 6.40. The maximum absolute atomic E-state index is 13.1. The van der Waals surface area contributed by atoms with Gasteiger partial charge in [-0.15, -0.1) is 0 Å². The molecule has 0 unspecified atom stereocenters. The lowest BCUT2D eigenvalue weighted by Crippen LogP contribution is -2.18. The van der Waals surface area contributed by atoms with Crippen molar-refractivity contribution in [1.29, 1.82) is 0 Å². The van der Waals surface area contributed by atoms with E-state index in [0.717, 1.165) is 11.1 Å². The van der Waals surface area contributed by atoms with Gasteiger partial charge in [0.15, 0.2) is 0 Å². The molecule has 2 aromatic carbocycles. The minimum absolute atomic E-state index is 0.0194. The second-order valence-corrected chi connectivity index (χ2v) is 4.87. The highest BCUT2D eigenvalue weighted by molar-refractivity contribution is 6.30. The molecule has 0 saturated heterocycles. The first-order chi connectivity index (χ1) is 9.06. The minimum atomic E-state index is -0.253. The standard InChI is InChI=1S/C15H15ClFNO/c1-10(11-3-2-4-14(17)8-11)18-9-12-7-13(16)5-6-15(12)19/h2-8,10,18-19H,9H2,1H3/t10-/m1/s1. The molecular weight excluding hydrogens is 265 g/mol. The van der Waals surface area contributed by atoms with E-state index in [0.29, 0.717) is 11.6 Å². The van der Waals surface area contributed by atoms with E-state index < -0.39 is 0 Å². The summed E-state index contributed by atoms with van der Waals surface area (Å²) in [5, 5.41) is 13.5. The molecule has 0 aliphatic carbocycles. The topological polar surface area (TPSA) is 32.3 Å². The van der Waals surface area contributed by atoms with Crippen LogP contribution in [0.25, 0.3) is 0 Å². The van der Waals surface area contributed by atoms with Gasteiger partial charge in [-0.3, -0.25) is 0 Å². The Hall–Kier alpha value is -1.58. The summed E-state index contributed by atoms with van der Waals surface area (Å²) in [5.74, 6) is -0.0555. The Morgan fingerprint density at radius 2 is 2.05 bits per heavy atom. The third kappa shape index (κ3) is 3.69. The van der Waals surface area contributed by atoms with Gasteiger partial charge in [0.25, 0.3) is 0 Å². The molecule has 4 heteroatoms. The summed E-state index contributed by atoms with van der Waals surface area (Å²) >= 11 is 5.88. The predicted octanol–water partition coefficient (Wildman–Crippen LogP) is 4.04.